The molecule has 2 aromatic heterocycles. The Balaban J connectivity index is 1.03. The zero-order valence-electron chi connectivity index (χ0n) is 34.8. The van der Waals surface area contributed by atoms with Gasteiger partial charge in [0.2, 0.25) is 0 Å². The summed E-state index contributed by atoms with van der Waals surface area (Å²) in [6.07, 6.45) is 1.85. The van der Waals surface area contributed by atoms with Crippen LogP contribution in [0.4, 0.5) is 0 Å². The normalized spacial score (nSPS) is 11.8. The Morgan fingerprint density at radius 3 is 1.47 bits per heavy atom. The van der Waals surface area contributed by atoms with Crippen molar-refractivity contribution >= 4 is 43.4 Å². The Morgan fingerprint density at radius 1 is 0.266 bits per heavy atom. The summed E-state index contributed by atoms with van der Waals surface area (Å²) in [5, 5.41) is 7.26. The molecule has 0 radical (unpaired) electrons. The third-order valence-electron chi connectivity index (χ3n) is 13.2. The molecular formula is C62H38N2. The molecule has 0 bridgehead atoms. The summed E-state index contributed by atoms with van der Waals surface area (Å²) in [4.78, 5) is 9.94. The number of hydrogen-bond donors (Lipinski definition) is 0. The highest BCUT2D eigenvalue weighted by molar-refractivity contribution is 6.29. The second-order valence-electron chi connectivity index (χ2n) is 16.8. The van der Waals surface area contributed by atoms with Crippen molar-refractivity contribution in [2.45, 2.75) is 0 Å². The molecule has 64 heavy (non-hydrogen) atoms. The molecule has 0 atom stereocenters. The van der Waals surface area contributed by atoms with Crippen LogP contribution < -0.4 is 0 Å². The second-order valence-corrected chi connectivity index (χ2v) is 16.8. The van der Waals surface area contributed by atoms with Gasteiger partial charge in [0.05, 0.1) is 16.7 Å². The SMILES string of the molecule is c1ccc(-c2cc(-c3cccc(-c4ccc5ccc6cccnc6c5n4)c3)cc(-c3ccc4c5c(cccc35)-c3c-4c(-c4ccccc4)c4ccccc4c3-c3ccccc3)c2)cc1. The van der Waals surface area contributed by atoms with Crippen LogP contribution in [0.25, 0.3) is 132 Å². The van der Waals surface area contributed by atoms with Crippen LogP contribution >= 0.6 is 0 Å². The first kappa shape index (κ1) is 36.2. The fourth-order valence-electron chi connectivity index (χ4n) is 10.4. The van der Waals surface area contributed by atoms with Crippen LogP contribution in [0.3, 0.4) is 0 Å². The van der Waals surface area contributed by atoms with Gasteiger partial charge in [-0.2, -0.15) is 0 Å². The lowest BCUT2D eigenvalue weighted by Gasteiger charge is -2.20. The van der Waals surface area contributed by atoms with Crippen molar-refractivity contribution in [1.82, 2.24) is 9.97 Å². The summed E-state index contributed by atoms with van der Waals surface area (Å²) in [6, 6.07) is 81.9. The van der Waals surface area contributed by atoms with E-state index < -0.39 is 0 Å². The van der Waals surface area contributed by atoms with Crippen molar-refractivity contribution < 1.29 is 0 Å². The van der Waals surface area contributed by atoms with E-state index in [2.05, 4.69) is 218 Å². The van der Waals surface area contributed by atoms with Gasteiger partial charge in [-0.05, 0) is 136 Å². The molecule has 10 aromatic carbocycles. The van der Waals surface area contributed by atoms with Crippen molar-refractivity contribution in [3.05, 3.63) is 231 Å². The van der Waals surface area contributed by atoms with E-state index in [-0.39, 0.29) is 0 Å². The van der Waals surface area contributed by atoms with Gasteiger partial charge in [-0.1, -0.05) is 188 Å². The van der Waals surface area contributed by atoms with Gasteiger partial charge in [0, 0.05) is 22.5 Å². The van der Waals surface area contributed by atoms with E-state index in [1.54, 1.807) is 0 Å². The Labute approximate surface area is 371 Å². The average molecular weight is 811 g/mol. The Kier molecular flexibility index (Phi) is 8.25. The van der Waals surface area contributed by atoms with Crippen molar-refractivity contribution in [2.24, 2.45) is 0 Å². The van der Waals surface area contributed by atoms with Gasteiger partial charge in [0.15, 0.2) is 0 Å². The van der Waals surface area contributed by atoms with Gasteiger partial charge < -0.3 is 0 Å². The molecule has 1 aliphatic carbocycles. The van der Waals surface area contributed by atoms with Crippen LogP contribution in [0.15, 0.2) is 231 Å². The molecule has 0 amide bonds. The highest BCUT2D eigenvalue weighted by atomic mass is 14.7. The fraction of sp³-hybridized carbons (Fsp3) is 0. The zero-order chi connectivity index (χ0) is 42.1. The molecule has 2 nitrogen and oxygen atoms in total. The molecule has 0 spiro atoms. The molecule has 296 valence electrons. The number of aromatic nitrogens is 2. The lowest BCUT2D eigenvalue weighted by molar-refractivity contribution is 1.37. The highest BCUT2D eigenvalue weighted by Crippen LogP contribution is 2.58. The predicted molar refractivity (Wildman–Crippen MR) is 269 cm³/mol. The Bertz CT molecular complexity index is 3720. The van der Waals surface area contributed by atoms with Crippen molar-refractivity contribution in [3.8, 4) is 89.1 Å². The quantitative estimate of drug-likeness (QED) is 0.156. The third-order valence-corrected chi connectivity index (χ3v) is 13.2. The van der Waals surface area contributed by atoms with E-state index in [1.165, 1.54) is 88.3 Å². The third kappa shape index (κ3) is 5.73. The maximum atomic E-state index is 5.22. The zero-order valence-corrected chi connectivity index (χ0v) is 34.8. The predicted octanol–water partition coefficient (Wildman–Crippen LogP) is 16.7. The van der Waals surface area contributed by atoms with Gasteiger partial charge in [-0.3, -0.25) is 4.98 Å². The summed E-state index contributed by atoms with van der Waals surface area (Å²) >= 11 is 0. The molecule has 0 unspecified atom stereocenters. The van der Waals surface area contributed by atoms with Crippen molar-refractivity contribution in [3.63, 3.8) is 0 Å². The van der Waals surface area contributed by atoms with Crippen LogP contribution in [0.5, 0.6) is 0 Å². The first-order chi connectivity index (χ1) is 31.7. The monoisotopic (exact) mass is 810 g/mol. The molecule has 13 rings (SSSR count). The summed E-state index contributed by atoms with van der Waals surface area (Å²) < 4.78 is 0. The number of fused-ring (bicyclic) bond motifs is 7. The summed E-state index contributed by atoms with van der Waals surface area (Å²) in [6.45, 7) is 0. The Hall–Kier alpha value is -8.46. The summed E-state index contributed by atoms with van der Waals surface area (Å²) in [7, 11) is 0. The second kappa shape index (κ2) is 14.6. The first-order valence-corrected chi connectivity index (χ1v) is 22.0. The lowest BCUT2D eigenvalue weighted by Crippen LogP contribution is -1.93. The van der Waals surface area contributed by atoms with E-state index in [4.69, 9.17) is 9.97 Å². The van der Waals surface area contributed by atoms with E-state index in [9.17, 15) is 0 Å². The topological polar surface area (TPSA) is 25.8 Å². The van der Waals surface area contributed by atoms with E-state index >= 15 is 0 Å². The minimum Gasteiger partial charge on any atom is -0.254 e. The fourth-order valence-corrected chi connectivity index (χ4v) is 10.4. The van der Waals surface area contributed by atoms with E-state index in [0.29, 0.717) is 0 Å². The summed E-state index contributed by atoms with van der Waals surface area (Å²) in [5.74, 6) is 0. The van der Waals surface area contributed by atoms with Gasteiger partial charge in [-0.25, -0.2) is 4.98 Å². The molecule has 0 saturated heterocycles. The lowest BCUT2D eigenvalue weighted by atomic mass is 9.82. The number of rotatable bonds is 6. The number of benzene rings is 10. The van der Waals surface area contributed by atoms with Crippen LogP contribution in [0, 0.1) is 0 Å². The van der Waals surface area contributed by atoms with Crippen LogP contribution in [0.1, 0.15) is 0 Å². The molecule has 2 heteroatoms. The molecule has 1 aliphatic rings. The first-order valence-electron chi connectivity index (χ1n) is 22.0. The smallest absolute Gasteiger partial charge is 0.0972 e. The van der Waals surface area contributed by atoms with Crippen LogP contribution in [-0.2, 0) is 0 Å². The van der Waals surface area contributed by atoms with E-state index in [1.807, 2.05) is 12.3 Å². The molecular weight excluding hydrogens is 773 g/mol. The van der Waals surface area contributed by atoms with Gasteiger partial charge in [0.1, 0.15) is 0 Å². The van der Waals surface area contributed by atoms with Crippen LogP contribution in [-0.4, -0.2) is 9.97 Å². The molecule has 0 fully saturated rings. The molecule has 12 aromatic rings. The molecule has 0 aliphatic heterocycles. The van der Waals surface area contributed by atoms with Crippen molar-refractivity contribution in [1.29, 1.82) is 0 Å². The average Bonchev–Trinajstić information content (AvgIpc) is 3.70. The standard InChI is InChI=1S/C62H38N2/c1-4-15-39(16-5-1)46-36-47(44-21-12-22-45(35-44)55-33-30-43-29-28-42-23-14-34-63-61(42)62(43)64-55)38-48(37-46)49-31-32-54-58-50(49)26-13-27-53(58)59-56(40-17-6-2-7-18-40)51-24-10-11-25-52(51)57(60(54)59)41-19-8-3-9-20-41/h1-38H. The number of hydrogen-bond acceptors (Lipinski definition) is 2. The van der Waals surface area contributed by atoms with Gasteiger partial charge in [-0.15, -0.1) is 0 Å². The summed E-state index contributed by atoms with van der Waals surface area (Å²) in [5.41, 5.74) is 21.1. The number of nitrogens with zero attached hydrogens (tertiary/aromatic N) is 2. The highest BCUT2D eigenvalue weighted by Gasteiger charge is 2.31. The minimum absolute atomic E-state index is 0.920. The minimum atomic E-state index is 0.920. The van der Waals surface area contributed by atoms with E-state index in [0.717, 1.165) is 44.2 Å². The number of pyridine rings is 2. The molecule has 0 N–H and O–H groups in total. The Morgan fingerprint density at radius 2 is 0.766 bits per heavy atom. The molecule has 0 saturated carbocycles. The van der Waals surface area contributed by atoms with Crippen LogP contribution in [0.2, 0.25) is 0 Å². The van der Waals surface area contributed by atoms with Crippen molar-refractivity contribution in [2.75, 3.05) is 0 Å². The maximum absolute atomic E-state index is 5.22. The largest absolute Gasteiger partial charge is 0.254 e. The molecule has 2 heterocycles. The maximum Gasteiger partial charge on any atom is 0.0972 e. The van der Waals surface area contributed by atoms with Gasteiger partial charge >= 0.3 is 0 Å². The van der Waals surface area contributed by atoms with Gasteiger partial charge in [0.25, 0.3) is 0 Å².